The van der Waals surface area contributed by atoms with Gasteiger partial charge in [-0.1, -0.05) is 20.3 Å². The first-order chi connectivity index (χ1) is 9.26. The van der Waals surface area contributed by atoms with Gasteiger partial charge in [-0.15, -0.1) is 0 Å². The van der Waals surface area contributed by atoms with Crippen LogP contribution in [-0.4, -0.2) is 41.1 Å². The molecule has 1 aromatic rings. The summed E-state index contributed by atoms with van der Waals surface area (Å²) in [6, 6.07) is 1.90. The lowest BCUT2D eigenvalue weighted by Gasteiger charge is -2.31. The molecule has 6 heteroatoms. The van der Waals surface area contributed by atoms with E-state index in [0.717, 1.165) is 50.6 Å². The molecule has 1 fully saturated rings. The Morgan fingerprint density at radius 2 is 2.32 bits per heavy atom. The van der Waals surface area contributed by atoms with Gasteiger partial charge in [0, 0.05) is 24.8 Å². The van der Waals surface area contributed by atoms with Gasteiger partial charge in [-0.25, -0.2) is 15.8 Å². The van der Waals surface area contributed by atoms with E-state index >= 15 is 0 Å². The van der Waals surface area contributed by atoms with E-state index in [1.165, 1.54) is 0 Å². The topological polar surface area (TPSA) is 76.3 Å². The highest BCUT2D eigenvalue weighted by molar-refractivity contribution is 5.35. The van der Waals surface area contributed by atoms with Gasteiger partial charge in [-0.05, 0) is 13.0 Å². The summed E-state index contributed by atoms with van der Waals surface area (Å²) in [6.07, 6.45) is 1.92. The van der Waals surface area contributed by atoms with E-state index in [-0.39, 0.29) is 6.10 Å². The molecule has 2 rings (SSSR count). The molecule has 2 heterocycles. The Morgan fingerprint density at radius 1 is 1.47 bits per heavy atom. The van der Waals surface area contributed by atoms with Crippen LogP contribution in [0.4, 0.5) is 5.82 Å². The molecule has 1 unspecified atom stereocenters. The standard InChI is InChI=1S/C13H23N5O/c1-3-5-10-8-12(17-14)16-13(15-10)11-9-18(4-2)6-7-19-11/h8,11H,3-7,9,14H2,1-2H3,(H,15,16,17). The van der Waals surface area contributed by atoms with Crippen molar-refractivity contribution in [3.8, 4) is 0 Å². The smallest absolute Gasteiger partial charge is 0.161 e. The first-order valence-electron chi connectivity index (χ1n) is 6.95. The highest BCUT2D eigenvalue weighted by Gasteiger charge is 2.24. The average Bonchev–Trinajstić information content (AvgIpc) is 2.47. The van der Waals surface area contributed by atoms with Gasteiger partial charge in [-0.3, -0.25) is 4.90 Å². The predicted octanol–water partition coefficient (Wildman–Crippen LogP) is 1.11. The van der Waals surface area contributed by atoms with Crippen molar-refractivity contribution in [2.24, 2.45) is 5.84 Å². The molecule has 1 atom stereocenters. The Morgan fingerprint density at radius 3 is 3.00 bits per heavy atom. The Bertz CT molecular complexity index is 412. The molecule has 106 valence electrons. The van der Waals surface area contributed by atoms with E-state index < -0.39 is 0 Å². The van der Waals surface area contributed by atoms with Crippen LogP contribution in [0.1, 0.15) is 37.9 Å². The molecule has 6 nitrogen and oxygen atoms in total. The van der Waals surface area contributed by atoms with Crippen molar-refractivity contribution < 1.29 is 4.74 Å². The van der Waals surface area contributed by atoms with E-state index in [9.17, 15) is 0 Å². The second-order valence-corrected chi connectivity index (χ2v) is 4.75. The monoisotopic (exact) mass is 265 g/mol. The molecule has 19 heavy (non-hydrogen) atoms. The number of likely N-dealkylation sites (N-methyl/N-ethyl adjacent to an activating group) is 1. The summed E-state index contributed by atoms with van der Waals surface area (Å²) in [5.41, 5.74) is 3.62. The van der Waals surface area contributed by atoms with Gasteiger partial charge < -0.3 is 10.2 Å². The van der Waals surface area contributed by atoms with E-state index in [1.807, 2.05) is 6.07 Å². The van der Waals surface area contributed by atoms with Crippen LogP contribution in [-0.2, 0) is 11.2 Å². The number of hydrazine groups is 1. The minimum atomic E-state index is -0.0578. The van der Waals surface area contributed by atoms with Gasteiger partial charge in [0.2, 0.25) is 0 Å². The summed E-state index contributed by atoms with van der Waals surface area (Å²) in [4.78, 5) is 11.4. The maximum atomic E-state index is 5.79. The number of morpholine rings is 1. The van der Waals surface area contributed by atoms with Gasteiger partial charge in [0.1, 0.15) is 11.9 Å². The minimum Gasteiger partial charge on any atom is -0.368 e. The third-order valence-electron chi connectivity index (χ3n) is 3.34. The molecule has 0 radical (unpaired) electrons. The third-order valence-corrected chi connectivity index (χ3v) is 3.34. The Labute approximate surface area is 114 Å². The number of anilines is 1. The maximum Gasteiger partial charge on any atom is 0.161 e. The number of aromatic nitrogens is 2. The molecule has 1 aromatic heterocycles. The van der Waals surface area contributed by atoms with Crippen molar-refractivity contribution in [2.75, 3.05) is 31.7 Å². The maximum absolute atomic E-state index is 5.79. The number of hydrogen-bond acceptors (Lipinski definition) is 6. The number of ether oxygens (including phenoxy) is 1. The molecule has 1 aliphatic heterocycles. The largest absolute Gasteiger partial charge is 0.368 e. The zero-order valence-electron chi connectivity index (χ0n) is 11.7. The second-order valence-electron chi connectivity index (χ2n) is 4.75. The zero-order valence-corrected chi connectivity index (χ0v) is 11.7. The number of nitrogen functional groups attached to an aromatic ring is 1. The van der Waals surface area contributed by atoms with Crippen LogP contribution in [0.5, 0.6) is 0 Å². The Kier molecular flexibility index (Phi) is 5.07. The van der Waals surface area contributed by atoms with Crippen LogP contribution in [0.2, 0.25) is 0 Å². The number of nitrogens with one attached hydrogen (secondary N) is 1. The number of aryl methyl sites for hydroxylation is 1. The molecule has 0 saturated carbocycles. The number of nitrogens with zero attached hydrogens (tertiary/aromatic N) is 3. The normalized spacial score (nSPS) is 20.5. The van der Waals surface area contributed by atoms with Crippen LogP contribution >= 0.6 is 0 Å². The minimum absolute atomic E-state index is 0.0578. The lowest BCUT2D eigenvalue weighted by Crippen LogP contribution is -2.38. The van der Waals surface area contributed by atoms with Crippen LogP contribution in [0, 0.1) is 0 Å². The molecule has 1 aliphatic rings. The van der Waals surface area contributed by atoms with Crippen molar-refractivity contribution in [3.05, 3.63) is 17.6 Å². The summed E-state index contributed by atoms with van der Waals surface area (Å²) < 4.78 is 5.79. The fourth-order valence-electron chi connectivity index (χ4n) is 2.27. The fraction of sp³-hybridized carbons (Fsp3) is 0.692. The van der Waals surface area contributed by atoms with Gasteiger partial charge in [0.15, 0.2) is 5.82 Å². The molecule has 0 aromatic carbocycles. The number of nitrogens with two attached hydrogens (primary N) is 1. The van der Waals surface area contributed by atoms with Crippen LogP contribution in [0.15, 0.2) is 6.07 Å². The molecule has 0 bridgehead atoms. The average molecular weight is 265 g/mol. The van der Waals surface area contributed by atoms with Crippen molar-refractivity contribution in [3.63, 3.8) is 0 Å². The lowest BCUT2D eigenvalue weighted by atomic mass is 10.2. The van der Waals surface area contributed by atoms with Crippen LogP contribution in [0.25, 0.3) is 0 Å². The number of rotatable bonds is 5. The van der Waals surface area contributed by atoms with E-state index in [0.29, 0.717) is 5.82 Å². The van der Waals surface area contributed by atoms with Crippen molar-refractivity contribution >= 4 is 5.82 Å². The summed E-state index contributed by atoms with van der Waals surface area (Å²) in [7, 11) is 0. The lowest BCUT2D eigenvalue weighted by molar-refractivity contribution is -0.0326. The quantitative estimate of drug-likeness (QED) is 0.613. The van der Waals surface area contributed by atoms with Gasteiger partial charge in [0.05, 0.1) is 6.61 Å². The summed E-state index contributed by atoms with van der Waals surface area (Å²) >= 11 is 0. The van der Waals surface area contributed by atoms with Gasteiger partial charge in [-0.2, -0.15) is 0 Å². The number of hydrogen-bond donors (Lipinski definition) is 2. The highest BCUT2D eigenvalue weighted by atomic mass is 16.5. The molecular weight excluding hydrogens is 242 g/mol. The van der Waals surface area contributed by atoms with E-state index in [1.54, 1.807) is 0 Å². The molecule has 1 saturated heterocycles. The van der Waals surface area contributed by atoms with Gasteiger partial charge in [0.25, 0.3) is 0 Å². The fourth-order valence-corrected chi connectivity index (χ4v) is 2.27. The SMILES string of the molecule is CCCc1cc(NN)nc(C2CN(CC)CCO2)n1. The summed E-state index contributed by atoms with van der Waals surface area (Å²) in [5.74, 6) is 6.87. The summed E-state index contributed by atoms with van der Waals surface area (Å²) in [5, 5.41) is 0. The van der Waals surface area contributed by atoms with E-state index in [4.69, 9.17) is 10.6 Å². The Hall–Kier alpha value is -1.24. The van der Waals surface area contributed by atoms with E-state index in [2.05, 4.69) is 34.1 Å². The Balaban J connectivity index is 2.19. The first-order valence-corrected chi connectivity index (χ1v) is 6.95. The summed E-state index contributed by atoms with van der Waals surface area (Å²) in [6.45, 7) is 7.86. The van der Waals surface area contributed by atoms with Crippen molar-refractivity contribution in [2.45, 2.75) is 32.8 Å². The van der Waals surface area contributed by atoms with Crippen LogP contribution in [0.3, 0.4) is 0 Å². The zero-order chi connectivity index (χ0) is 13.7. The van der Waals surface area contributed by atoms with Crippen molar-refractivity contribution in [1.29, 1.82) is 0 Å². The molecule has 3 N–H and O–H groups in total. The van der Waals surface area contributed by atoms with Gasteiger partial charge >= 0.3 is 0 Å². The molecule has 0 amide bonds. The highest BCUT2D eigenvalue weighted by Crippen LogP contribution is 2.21. The first kappa shape index (κ1) is 14.2. The van der Waals surface area contributed by atoms with Crippen LogP contribution < -0.4 is 11.3 Å². The predicted molar refractivity (Wildman–Crippen MR) is 74.6 cm³/mol. The molecule has 0 spiro atoms. The molecule has 0 aliphatic carbocycles. The second kappa shape index (κ2) is 6.79. The van der Waals surface area contributed by atoms with Crippen molar-refractivity contribution in [1.82, 2.24) is 14.9 Å². The third kappa shape index (κ3) is 3.62. The molecular formula is C13H23N5O.